The van der Waals surface area contributed by atoms with Crippen molar-refractivity contribution in [1.29, 1.82) is 0 Å². The van der Waals surface area contributed by atoms with Gasteiger partial charge in [-0.2, -0.15) is 5.10 Å². The number of para-hydroxylation sites is 1. The Morgan fingerprint density at radius 2 is 2.17 bits per heavy atom. The second-order valence-electron chi connectivity index (χ2n) is 6.22. The maximum Gasteiger partial charge on any atom is 0.305 e. The predicted molar refractivity (Wildman–Crippen MR) is 90.3 cm³/mol. The SMILES string of the molecule is COc1ccccc1Cc1nn(CCC(=O)O)c2c1CN(C)CC2. The molecule has 3 rings (SSSR count). The fraction of sp³-hybridized carbons (Fsp3) is 0.444. The molecule has 1 aromatic carbocycles. The molecule has 6 nitrogen and oxygen atoms in total. The van der Waals surface area contributed by atoms with Crippen LogP contribution < -0.4 is 4.74 Å². The molecule has 1 aliphatic heterocycles. The molecule has 0 spiro atoms. The summed E-state index contributed by atoms with van der Waals surface area (Å²) in [5.41, 5.74) is 4.53. The van der Waals surface area contributed by atoms with Crippen molar-refractivity contribution in [3.05, 3.63) is 46.8 Å². The van der Waals surface area contributed by atoms with E-state index in [1.807, 2.05) is 28.9 Å². The number of likely N-dealkylation sites (N-methyl/N-ethyl adjacent to an activating group) is 1. The van der Waals surface area contributed by atoms with Gasteiger partial charge in [-0.25, -0.2) is 0 Å². The molecule has 0 aliphatic carbocycles. The molecular formula is C18H23N3O3. The summed E-state index contributed by atoms with van der Waals surface area (Å²) < 4.78 is 7.34. The van der Waals surface area contributed by atoms with Crippen LogP contribution in [-0.4, -0.2) is 46.5 Å². The number of ether oxygens (including phenoxy) is 1. The van der Waals surface area contributed by atoms with Gasteiger partial charge in [-0.1, -0.05) is 18.2 Å². The van der Waals surface area contributed by atoms with Crippen LogP contribution in [0.3, 0.4) is 0 Å². The minimum absolute atomic E-state index is 0.0953. The second-order valence-corrected chi connectivity index (χ2v) is 6.22. The highest BCUT2D eigenvalue weighted by Crippen LogP contribution is 2.27. The molecule has 0 amide bonds. The zero-order chi connectivity index (χ0) is 17.1. The van der Waals surface area contributed by atoms with Crippen molar-refractivity contribution in [2.24, 2.45) is 0 Å². The van der Waals surface area contributed by atoms with E-state index in [0.717, 1.165) is 36.5 Å². The number of aromatic nitrogens is 2. The Morgan fingerprint density at radius 1 is 1.38 bits per heavy atom. The molecule has 0 saturated heterocycles. The van der Waals surface area contributed by atoms with Crippen LogP contribution in [0.1, 0.15) is 28.9 Å². The van der Waals surface area contributed by atoms with E-state index in [2.05, 4.69) is 11.9 Å². The standard InChI is InChI=1S/C18H23N3O3/c1-20-9-7-16-14(12-20)15(19-21(16)10-8-18(22)23)11-13-5-3-4-6-17(13)24-2/h3-6H,7-12H2,1-2H3,(H,22,23). The molecule has 2 heterocycles. The van der Waals surface area contributed by atoms with Crippen LogP contribution in [0.25, 0.3) is 0 Å². The van der Waals surface area contributed by atoms with Crippen molar-refractivity contribution >= 4 is 5.97 Å². The van der Waals surface area contributed by atoms with Crippen molar-refractivity contribution in [3.8, 4) is 5.75 Å². The van der Waals surface area contributed by atoms with E-state index in [1.54, 1.807) is 7.11 Å². The lowest BCUT2D eigenvalue weighted by Gasteiger charge is -2.23. The smallest absolute Gasteiger partial charge is 0.305 e. The number of benzene rings is 1. The van der Waals surface area contributed by atoms with Gasteiger partial charge in [-0.05, 0) is 13.1 Å². The van der Waals surface area contributed by atoms with Crippen LogP contribution in [0.4, 0.5) is 0 Å². The second kappa shape index (κ2) is 7.05. The molecule has 1 N–H and O–H groups in total. The van der Waals surface area contributed by atoms with Gasteiger partial charge in [-0.3, -0.25) is 9.48 Å². The van der Waals surface area contributed by atoms with Crippen molar-refractivity contribution in [3.63, 3.8) is 0 Å². The van der Waals surface area contributed by atoms with Gasteiger partial charge in [0.05, 0.1) is 25.8 Å². The van der Waals surface area contributed by atoms with Crippen molar-refractivity contribution in [2.45, 2.75) is 32.4 Å². The molecule has 0 radical (unpaired) electrons. The Kier molecular flexibility index (Phi) is 4.85. The summed E-state index contributed by atoms with van der Waals surface area (Å²) in [5.74, 6) is 0.0638. The number of hydrogen-bond acceptors (Lipinski definition) is 4. The van der Waals surface area contributed by atoms with E-state index in [1.165, 1.54) is 11.3 Å². The first-order chi connectivity index (χ1) is 11.6. The van der Waals surface area contributed by atoms with Crippen LogP contribution in [-0.2, 0) is 30.7 Å². The van der Waals surface area contributed by atoms with Gasteiger partial charge in [0.1, 0.15) is 5.75 Å². The average Bonchev–Trinajstić information content (AvgIpc) is 2.90. The fourth-order valence-corrected chi connectivity index (χ4v) is 3.25. The van der Waals surface area contributed by atoms with E-state index in [9.17, 15) is 4.79 Å². The Bertz CT molecular complexity index is 739. The summed E-state index contributed by atoms with van der Waals surface area (Å²) in [5, 5.41) is 13.7. The maximum atomic E-state index is 10.9. The number of aryl methyl sites for hydroxylation is 1. The van der Waals surface area contributed by atoms with E-state index < -0.39 is 5.97 Å². The highest BCUT2D eigenvalue weighted by Gasteiger charge is 2.24. The van der Waals surface area contributed by atoms with Gasteiger partial charge in [0.25, 0.3) is 0 Å². The third kappa shape index (κ3) is 3.43. The Morgan fingerprint density at radius 3 is 2.92 bits per heavy atom. The molecular weight excluding hydrogens is 306 g/mol. The number of carbonyl (C=O) groups is 1. The quantitative estimate of drug-likeness (QED) is 0.877. The van der Waals surface area contributed by atoms with Crippen LogP contribution in [0.5, 0.6) is 5.75 Å². The van der Waals surface area contributed by atoms with E-state index in [0.29, 0.717) is 13.0 Å². The first-order valence-corrected chi connectivity index (χ1v) is 8.18. The molecule has 0 bridgehead atoms. The zero-order valence-corrected chi connectivity index (χ0v) is 14.2. The zero-order valence-electron chi connectivity index (χ0n) is 14.2. The highest BCUT2D eigenvalue weighted by atomic mass is 16.5. The molecule has 128 valence electrons. The van der Waals surface area contributed by atoms with E-state index >= 15 is 0 Å². The number of rotatable bonds is 6. The minimum Gasteiger partial charge on any atom is -0.496 e. The summed E-state index contributed by atoms with van der Waals surface area (Å²) in [6, 6.07) is 7.96. The van der Waals surface area contributed by atoms with Crippen LogP contribution in [0, 0.1) is 0 Å². The van der Waals surface area contributed by atoms with Gasteiger partial charge in [0.2, 0.25) is 0 Å². The topological polar surface area (TPSA) is 67.6 Å². The third-order valence-electron chi connectivity index (χ3n) is 4.50. The number of nitrogens with zero attached hydrogens (tertiary/aromatic N) is 3. The van der Waals surface area contributed by atoms with Crippen LogP contribution in [0.15, 0.2) is 24.3 Å². The van der Waals surface area contributed by atoms with E-state index in [-0.39, 0.29) is 6.42 Å². The lowest BCUT2D eigenvalue weighted by atomic mass is 10.0. The van der Waals surface area contributed by atoms with E-state index in [4.69, 9.17) is 14.9 Å². The number of carboxylic acid groups (broad SMARTS) is 1. The molecule has 6 heteroatoms. The third-order valence-corrected chi connectivity index (χ3v) is 4.50. The molecule has 0 saturated carbocycles. The predicted octanol–water partition coefficient (Wildman–Crippen LogP) is 1.95. The minimum atomic E-state index is -0.793. The van der Waals surface area contributed by atoms with Crippen molar-refractivity contribution < 1.29 is 14.6 Å². The summed E-state index contributed by atoms with van der Waals surface area (Å²) in [7, 11) is 3.78. The summed E-state index contributed by atoms with van der Waals surface area (Å²) in [6.07, 6.45) is 1.70. The number of carboxylic acids is 1. The molecule has 2 aromatic rings. The molecule has 1 aliphatic rings. The Hall–Kier alpha value is -2.34. The number of fused-ring (bicyclic) bond motifs is 1. The number of aliphatic carboxylic acids is 1. The molecule has 24 heavy (non-hydrogen) atoms. The molecule has 1 aromatic heterocycles. The first-order valence-electron chi connectivity index (χ1n) is 8.18. The van der Waals surface area contributed by atoms with Gasteiger partial charge >= 0.3 is 5.97 Å². The summed E-state index contributed by atoms with van der Waals surface area (Å²) in [4.78, 5) is 13.2. The lowest BCUT2D eigenvalue weighted by molar-refractivity contribution is -0.137. The number of methoxy groups -OCH3 is 1. The van der Waals surface area contributed by atoms with Crippen LogP contribution >= 0.6 is 0 Å². The molecule has 0 fully saturated rings. The summed E-state index contributed by atoms with van der Waals surface area (Å²) >= 11 is 0. The first kappa shape index (κ1) is 16.5. The van der Waals surface area contributed by atoms with Crippen LogP contribution in [0.2, 0.25) is 0 Å². The fourth-order valence-electron chi connectivity index (χ4n) is 3.25. The maximum absolute atomic E-state index is 10.9. The van der Waals surface area contributed by atoms with Gasteiger partial charge < -0.3 is 14.7 Å². The average molecular weight is 329 g/mol. The van der Waals surface area contributed by atoms with Gasteiger partial charge in [0.15, 0.2) is 0 Å². The van der Waals surface area contributed by atoms with Gasteiger partial charge in [-0.15, -0.1) is 0 Å². The molecule has 0 unspecified atom stereocenters. The lowest BCUT2D eigenvalue weighted by Crippen LogP contribution is -2.28. The monoisotopic (exact) mass is 329 g/mol. The Labute approximate surface area is 141 Å². The Balaban J connectivity index is 1.93. The highest BCUT2D eigenvalue weighted by molar-refractivity contribution is 5.66. The molecule has 0 atom stereocenters. The normalized spacial score (nSPS) is 14.4. The van der Waals surface area contributed by atoms with Gasteiger partial charge in [0, 0.05) is 42.8 Å². The van der Waals surface area contributed by atoms with Crippen molar-refractivity contribution in [2.75, 3.05) is 20.7 Å². The van der Waals surface area contributed by atoms with Crippen molar-refractivity contribution in [1.82, 2.24) is 14.7 Å². The largest absolute Gasteiger partial charge is 0.496 e. The number of hydrogen-bond donors (Lipinski definition) is 1. The summed E-state index contributed by atoms with van der Waals surface area (Å²) in [6.45, 7) is 2.25.